The van der Waals surface area contributed by atoms with E-state index in [1.54, 1.807) is 0 Å². The van der Waals surface area contributed by atoms with Crippen LogP contribution in [0, 0.1) is 0 Å². The number of rotatable bonds is 17. The highest BCUT2D eigenvalue weighted by atomic mass is 31.2. The van der Waals surface area contributed by atoms with Crippen molar-refractivity contribution >= 4 is 7.82 Å². The molecule has 0 aliphatic heterocycles. The van der Waals surface area contributed by atoms with E-state index < -0.39 is 14.6 Å². The molecule has 134 valence electrons. The van der Waals surface area contributed by atoms with Crippen molar-refractivity contribution in [2.45, 2.75) is 32.6 Å². The van der Waals surface area contributed by atoms with Gasteiger partial charge in [-0.25, -0.2) is 4.57 Å². The first-order valence-corrected chi connectivity index (χ1v) is 9.05. The van der Waals surface area contributed by atoms with E-state index in [0.717, 1.165) is 19.3 Å². The van der Waals surface area contributed by atoms with Crippen LogP contribution in [0.1, 0.15) is 32.6 Å². The molecule has 0 saturated heterocycles. The zero-order valence-electron chi connectivity index (χ0n) is 13.3. The second-order valence-electron chi connectivity index (χ2n) is 4.38. The van der Waals surface area contributed by atoms with Gasteiger partial charge in [0.1, 0.15) is 0 Å². The maximum atomic E-state index is 12.1. The van der Waals surface area contributed by atoms with Crippen LogP contribution in [0.5, 0.6) is 0 Å². The molecular weight excluding hydrogens is 315 g/mol. The standard InChI is InChI=1S/C13H29O8P/c1-2-3-7-17-9-11-19-22(16,21-13-15)20-12-10-18-8-5-4-6-14/h14-15H,2-13H2,1H3. The summed E-state index contributed by atoms with van der Waals surface area (Å²) in [4.78, 5) is 0. The molecule has 0 aromatic carbocycles. The Bertz CT molecular complexity index is 277. The van der Waals surface area contributed by atoms with Crippen molar-refractivity contribution in [1.82, 2.24) is 0 Å². The van der Waals surface area contributed by atoms with Crippen LogP contribution in [0.3, 0.4) is 0 Å². The van der Waals surface area contributed by atoms with Crippen LogP contribution in [-0.4, -0.2) is 63.3 Å². The zero-order valence-corrected chi connectivity index (χ0v) is 14.2. The third kappa shape index (κ3) is 13.6. The summed E-state index contributed by atoms with van der Waals surface area (Å²) in [6, 6.07) is 0. The second kappa shape index (κ2) is 15.8. The number of hydrogen-bond donors (Lipinski definition) is 2. The summed E-state index contributed by atoms with van der Waals surface area (Å²) in [6.45, 7) is 3.11. The Morgan fingerprint density at radius 2 is 1.36 bits per heavy atom. The van der Waals surface area contributed by atoms with Gasteiger partial charge in [0, 0.05) is 19.8 Å². The fourth-order valence-corrected chi connectivity index (χ4v) is 2.33. The highest BCUT2D eigenvalue weighted by Crippen LogP contribution is 2.48. The number of unbranched alkanes of at least 4 members (excludes halogenated alkanes) is 2. The number of phosphoric ester groups is 1. The molecule has 0 spiro atoms. The number of ether oxygens (including phenoxy) is 2. The van der Waals surface area contributed by atoms with Gasteiger partial charge in [0.05, 0.1) is 26.4 Å². The minimum absolute atomic E-state index is 0.0209. The minimum Gasteiger partial charge on any atom is -0.396 e. The number of hydrogen-bond acceptors (Lipinski definition) is 8. The van der Waals surface area contributed by atoms with Gasteiger partial charge in [0.25, 0.3) is 0 Å². The van der Waals surface area contributed by atoms with Crippen LogP contribution in [-0.2, 0) is 27.6 Å². The number of aliphatic hydroxyl groups excluding tert-OH is 2. The smallest absolute Gasteiger partial charge is 0.396 e. The lowest BCUT2D eigenvalue weighted by atomic mass is 10.3. The highest BCUT2D eigenvalue weighted by Gasteiger charge is 2.26. The van der Waals surface area contributed by atoms with Crippen molar-refractivity contribution in [2.75, 3.05) is 53.0 Å². The Hall–Kier alpha value is -0.0500. The van der Waals surface area contributed by atoms with E-state index in [-0.39, 0.29) is 33.0 Å². The van der Waals surface area contributed by atoms with E-state index in [1.807, 2.05) is 0 Å². The van der Waals surface area contributed by atoms with Crippen LogP contribution in [0.15, 0.2) is 0 Å². The molecule has 0 aliphatic rings. The molecule has 0 aromatic rings. The molecule has 9 heteroatoms. The molecular formula is C13H29O8P. The quantitative estimate of drug-likeness (QED) is 0.233. The zero-order chi connectivity index (χ0) is 16.5. The van der Waals surface area contributed by atoms with Crippen LogP contribution in [0.2, 0.25) is 0 Å². The molecule has 0 rings (SSSR count). The van der Waals surface area contributed by atoms with Crippen LogP contribution < -0.4 is 0 Å². The van der Waals surface area contributed by atoms with Crippen molar-refractivity contribution < 1.29 is 37.8 Å². The lowest BCUT2D eigenvalue weighted by molar-refractivity contribution is 0.0135. The summed E-state index contributed by atoms with van der Waals surface area (Å²) in [5.74, 6) is 0. The van der Waals surface area contributed by atoms with E-state index in [0.29, 0.717) is 19.6 Å². The molecule has 2 N–H and O–H groups in total. The van der Waals surface area contributed by atoms with Gasteiger partial charge in [0.2, 0.25) is 0 Å². The predicted molar refractivity (Wildman–Crippen MR) is 80.5 cm³/mol. The fourth-order valence-electron chi connectivity index (χ4n) is 1.36. The molecule has 0 heterocycles. The Labute approximate surface area is 132 Å². The maximum Gasteiger partial charge on any atom is 0.477 e. The summed E-state index contributed by atoms with van der Waals surface area (Å²) >= 11 is 0. The van der Waals surface area contributed by atoms with E-state index >= 15 is 0 Å². The van der Waals surface area contributed by atoms with Crippen molar-refractivity contribution in [3.8, 4) is 0 Å². The fraction of sp³-hybridized carbons (Fsp3) is 1.00. The lowest BCUT2D eigenvalue weighted by Crippen LogP contribution is -2.10. The Morgan fingerprint density at radius 3 is 1.86 bits per heavy atom. The highest BCUT2D eigenvalue weighted by molar-refractivity contribution is 7.48. The average molecular weight is 344 g/mol. The Kier molecular flexibility index (Phi) is 15.8. The van der Waals surface area contributed by atoms with Crippen molar-refractivity contribution in [1.29, 1.82) is 0 Å². The summed E-state index contributed by atoms with van der Waals surface area (Å²) in [7, 11) is -3.79. The van der Waals surface area contributed by atoms with Gasteiger partial charge >= 0.3 is 7.82 Å². The molecule has 0 aromatic heterocycles. The van der Waals surface area contributed by atoms with Crippen LogP contribution in [0.4, 0.5) is 0 Å². The lowest BCUT2D eigenvalue weighted by Gasteiger charge is -2.16. The monoisotopic (exact) mass is 344 g/mol. The van der Waals surface area contributed by atoms with Crippen molar-refractivity contribution in [3.05, 3.63) is 0 Å². The first-order valence-electron chi connectivity index (χ1n) is 7.59. The van der Waals surface area contributed by atoms with Gasteiger partial charge in [0.15, 0.2) is 6.79 Å². The average Bonchev–Trinajstić information content (AvgIpc) is 2.50. The maximum absolute atomic E-state index is 12.1. The van der Waals surface area contributed by atoms with Gasteiger partial charge in [-0.15, -0.1) is 0 Å². The SMILES string of the molecule is CCCCOCCOP(=O)(OCO)OCCOCCCCO. The van der Waals surface area contributed by atoms with Crippen molar-refractivity contribution in [3.63, 3.8) is 0 Å². The van der Waals surface area contributed by atoms with Gasteiger partial charge in [-0.2, -0.15) is 0 Å². The first kappa shape index (κ1) is 21.9. The molecule has 22 heavy (non-hydrogen) atoms. The molecule has 0 fully saturated rings. The van der Waals surface area contributed by atoms with Gasteiger partial charge in [-0.1, -0.05) is 13.3 Å². The van der Waals surface area contributed by atoms with E-state index in [9.17, 15) is 4.57 Å². The third-order valence-electron chi connectivity index (χ3n) is 2.51. The summed E-state index contributed by atoms with van der Waals surface area (Å²) in [5.41, 5.74) is 0. The largest absolute Gasteiger partial charge is 0.477 e. The van der Waals surface area contributed by atoms with Gasteiger partial charge < -0.3 is 19.7 Å². The molecule has 0 saturated carbocycles. The second-order valence-corrected chi connectivity index (χ2v) is 6.05. The van der Waals surface area contributed by atoms with E-state index in [1.165, 1.54) is 0 Å². The minimum atomic E-state index is -3.79. The predicted octanol–water partition coefficient (Wildman–Crippen LogP) is 1.70. The molecule has 0 bridgehead atoms. The Morgan fingerprint density at radius 1 is 0.773 bits per heavy atom. The normalized spacial score (nSPS) is 14.1. The number of phosphoric acid groups is 1. The molecule has 1 atom stereocenters. The summed E-state index contributed by atoms with van der Waals surface area (Å²) < 4.78 is 37.2. The number of aliphatic hydroxyl groups is 2. The molecule has 8 nitrogen and oxygen atoms in total. The topological polar surface area (TPSA) is 104 Å². The first-order chi connectivity index (χ1) is 10.7. The summed E-state index contributed by atoms with van der Waals surface area (Å²) in [5, 5.41) is 17.3. The van der Waals surface area contributed by atoms with Crippen LogP contribution in [0.25, 0.3) is 0 Å². The van der Waals surface area contributed by atoms with Gasteiger partial charge in [-0.05, 0) is 19.3 Å². The Balaban J connectivity index is 3.73. The van der Waals surface area contributed by atoms with Crippen molar-refractivity contribution in [2.24, 2.45) is 0 Å². The summed E-state index contributed by atoms with van der Waals surface area (Å²) in [6.07, 6.45) is 3.41. The van der Waals surface area contributed by atoms with E-state index in [4.69, 9.17) is 28.7 Å². The molecule has 0 amide bonds. The third-order valence-corrected chi connectivity index (χ3v) is 3.94. The van der Waals surface area contributed by atoms with Crippen LogP contribution >= 0.6 is 7.82 Å². The van der Waals surface area contributed by atoms with Gasteiger partial charge in [-0.3, -0.25) is 13.6 Å². The molecule has 0 radical (unpaired) electrons. The molecule has 1 unspecified atom stereocenters. The molecule has 0 aliphatic carbocycles. The van der Waals surface area contributed by atoms with E-state index in [2.05, 4.69) is 11.4 Å².